The van der Waals surface area contributed by atoms with Crippen molar-refractivity contribution < 1.29 is 5.11 Å². The predicted octanol–water partition coefficient (Wildman–Crippen LogP) is 1.81. The molecule has 0 heterocycles. The molecular formula is C8H10ClNO. The van der Waals surface area contributed by atoms with Gasteiger partial charge in [-0.3, -0.25) is 0 Å². The maximum Gasteiger partial charge on any atom is 0.134 e. The first-order valence-corrected chi connectivity index (χ1v) is 3.71. The number of benzene rings is 1. The molecule has 0 fully saturated rings. The Morgan fingerprint density at radius 2 is 2.18 bits per heavy atom. The van der Waals surface area contributed by atoms with Crippen LogP contribution in [0.15, 0.2) is 12.1 Å². The van der Waals surface area contributed by atoms with Crippen LogP contribution >= 0.6 is 11.6 Å². The van der Waals surface area contributed by atoms with Crippen molar-refractivity contribution in [1.29, 1.82) is 0 Å². The van der Waals surface area contributed by atoms with E-state index in [4.69, 9.17) is 22.4 Å². The molecule has 1 aromatic carbocycles. The van der Waals surface area contributed by atoms with E-state index in [0.717, 1.165) is 11.1 Å². The van der Waals surface area contributed by atoms with Gasteiger partial charge in [0.2, 0.25) is 0 Å². The summed E-state index contributed by atoms with van der Waals surface area (Å²) in [6.45, 7) is 2.34. The van der Waals surface area contributed by atoms with E-state index in [1.54, 1.807) is 12.1 Å². The second-order valence-corrected chi connectivity index (χ2v) is 2.84. The lowest BCUT2D eigenvalue weighted by Crippen LogP contribution is -1.98. The van der Waals surface area contributed by atoms with Crippen molar-refractivity contribution in [2.24, 2.45) is 5.73 Å². The minimum absolute atomic E-state index is 0.112. The lowest BCUT2D eigenvalue weighted by molar-refractivity contribution is 0.475. The van der Waals surface area contributed by atoms with Crippen molar-refractivity contribution in [3.8, 4) is 5.75 Å². The Bertz CT molecular complexity index is 273. The van der Waals surface area contributed by atoms with E-state index in [0.29, 0.717) is 11.6 Å². The molecular weight excluding hydrogens is 162 g/mol. The van der Waals surface area contributed by atoms with Crippen LogP contribution in [-0.4, -0.2) is 5.11 Å². The van der Waals surface area contributed by atoms with E-state index in [1.165, 1.54) is 0 Å². The zero-order valence-corrected chi connectivity index (χ0v) is 7.02. The number of phenols is 1. The number of aromatic hydroxyl groups is 1. The van der Waals surface area contributed by atoms with E-state index in [2.05, 4.69) is 0 Å². The molecule has 3 N–H and O–H groups in total. The van der Waals surface area contributed by atoms with Crippen LogP contribution in [0, 0.1) is 6.92 Å². The highest BCUT2D eigenvalue weighted by atomic mass is 35.5. The normalized spacial score (nSPS) is 10.1. The largest absolute Gasteiger partial charge is 0.506 e. The molecule has 0 aliphatic rings. The third kappa shape index (κ3) is 1.64. The molecule has 3 heteroatoms. The molecule has 0 spiro atoms. The van der Waals surface area contributed by atoms with Crippen molar-refractivity contribution in [1.82, 2.24) is 0 Å². The molecule has 0 unspecified atom stereocenters. The van der Waals surface area contributed by atoms with E-state index < -0.39 is 0 Å². The van der Waals surface area contributed by atoms with E-state index in [9.17, 15) is 0 Å². The Balaban J connectivity index is 3.21. The smallest absolute Gasteiger partial charge is 0.134 e. The molecule has 0 atom stereocenters. The van der Waals surface area contributed by atoms with Crippen molar-refractivity contribution in [3.63, 3.8) is 0 Å². The number of rotatable bonds is 1. The summed E-state index contributed by atoms with van der Waals surface area (Å²) in [6.07, 6.45) is 0. The van der Waals surface area contributed by atoms with Gasteiger partial charge in [-0.2, -0.15) is 0 Å². The van der Waals surface area contributed by atoms with E-state index >= 15 is 0 Å². The number of nitrogens with two attached hydrogens (primary N) is 1. The summed E-state index contributed by atoms with van der Waals surface area (Å²) in [5.74, 6) is 0.112. The van der Waals surface area contributed by atoms with Gasteiger partial charge in [0.15, 0.2) is 0 Å². The zero-order chi connectivity index (χ0) is 8.43. The van der Waals surface area contributed by atoms with Crippen LogP contribution in [0.25, 0.3) is 0 Å². The van der Waals surface area contributed by atoms with Gasteiger partial charge in [0.1, 0.15) is 5.75 Å². The number of phenolic OH excluding ortho intramolecular Hbond substituents is 1. The summed E-state index contributed by atoms with van der Waals surface area (Å²) in [6, 6.07) is 3.30. The van der Waals surface area contributed by atoms with Crippen molar-refractivity contribution >= 4 is 11.6 Å². The Hall–Kier alpha value is -0.730. The van der Waals surface area contributed by atoms with Gasteiger partial charge in [-0.05, 0) is 30.2 Å². The Kier molecular flexibility index (Phi) is 2.37. The second-order valence-electron chi connectivity index (χ2n) is 2.43. The van der Waals surface area contributed by atoms with Gasteiger partial charge >= 0.3 is 0 Å². The van der Waals surface area contributed by atoms with Gasteiger partial charge in [0.05, 0.1) is 5.02 Å². The minimum atomic E-state index is 0.112. The highest BCUT2D eigenvalue weighted by molar-refractivity contribution is 6.32. The standard InChI is InChI=1S/C8H10ClNO/c1-5-2-8(11)7(9)3-6(5)4-10/h2-3,11H,4,10H2,1H3. The molecule has 0 saturated heterocycles. The third-order valence-corrected chi connectivity index (χ3v) is 1.93. The van der Waals surface area contributed by atoms with Gasteiger partial charge in [0.25, 0.3) is 0 Å². The average molecular weight is 172 g/mol. The minimum Gasteiger partial charge on any atom is -0.506 e. The van der Waals surface area contributed by atoms with E-state index in [1.807, 2.05) is 6.92 Å². The van der Waals surface area contributed by atoms with Crippen LogP contribution in [0.1, 0.15) is 11.1 Å². The third-order valence-electron chi connectivity index (χ3n) is 1.63. The Morgan fingerprint density at radius 3 is 2.73 bits per heavy atom. The molecule has 2 nitrogen and oxygen atoms in total. The van der Waals surface area contributed by atoms with Gasteiger partial charge in [0, 0.05) is 6.54 Å². The number of halogens is 1. The highest BCUT2D eigenvalue weighted by Gasteiger charge is 2.02. The topological polar surface area (TPSA) is 46.2 Å². The Morgan fingerprint density at radius 1 is 1.55 bits per heavy atom. The van der Waals surface area contributed by atoms with Gasteiger partial charge in [-0.25, -0.2) is 0 Å². The molecule has 0 bridgehead atoms. The average Bonchev–Trinajstić information content (AvgIpc) is 1.97. The predicted molar refractivity (Wildman–Crippen MR) is 45.7 cm³/mol. The summed E-state index contributed by atoms with van der Waals surface area (Å²) in [7, 11) is 0. The molecule has 1 aromatic rings. The van der Waals surface area contributed by atoms with E-state index in [-0.39, 0.29) is 5.75 Å². The van der Waals surface area contributed by atoms with Crippen LogP contribution in [-0.2, 0) is 6.54 Å². The summed E-state index contributed by atoms with van der Waals surface area (Å²) >= 11 is 5.66. The van der Waals surface area contributed by atoms with Crippen LogP contribution in [0.5, 0.6) is 5.75 Å². The van der Waals surface area contributed by atoms with Crippen LogP contribution in [0.4, 0.5) is 0 Å². The summed E-state index contributed by atoms with van der Waals surface area (Å²) in [4.78, 5) is 0. The van der Waals surface area contributed by atoms with Crippen molar-refractivity contribution in [2.45, 2.75) is 13.5 Å². The number of hydrogen-bond acceptors (Lipinski definition) is 2. The summed E-state index contributed by atoms with van der Waals surface area (Å²) in [5, 5.41) is 9.50. The first-order chi connectivity index (χ1) is 5.15. The summed E-state index contributed by atoms with van der Waals surface area (Å²) < 4.78 is 0. The molecule has 0 aliphatic heterocycles. The van der Waals surface area contributed by atoms with Gasteiger partial charge in [-0.1, -0.05) is 11.6 Å². The quantitative estimate of drug-likeness (QED) is 0.677. The fourth-order valence-corrected chi connectivity index (χ4v) is 1.11. The number of aryl methyl sites for hydroxylation is 1. The SMILES string of the molecule is Cc1cc(O)c(Cl)cc1CN. The molecule has 0 aliphatic carbocycles. The molecule has 0 amide bonds. The molecule has 11 heavy (non-hydrogen) atoms. The van der Waals surface area contributed by atoms with Crippen LogP contribution in [0.2, 0.25) is 5.02 Å². The van der Waals surface area contributed by atoms with Crippen molar-refractivity contribution in [2.75, 3.05) is 0 Å². The van der Waals surface area contributed by atoms with Gasteiger partial charge in [-0.15, -0.1) is 0 Å². The first-order valence-electron chi connectivity index (χ1n) is 3.33. The zero-order valence-electron chi connectivity index (χ0n) is 6.26. The second kappa shape index (κ2) is 3.11. The molecule has 60 valence electrons. The van der Waals surface area contributed by atoms with Crippen LogP contribution < -0.4 is 5.73 Å². The maximum atomic E-state index is 9.15. The first kappa shape index (κ1) is 8.37. The molecule has 1 rings (SSSR count). The maximum absolute atomic E-state index is 9.15. The van der Waals surface area contributed by atoms with Gasteiger partial charge < -0.3 is 10.8 Å². The fourth-order valence-electron chi connectivity index (χ4n) is 0.927. The summed E-state index contributed by atoms with van der Waals surface area (Å²) in [5.41, 5.74) is 7.36. The molecule has 0 radical (unpaired) electrons. The Labute approximate surface area is 70.6 Å². The van der Waals surface area contributed by atoms with Crippen molar-refractivity contribution in [3.05, 3.63) is 28.3 Å². The molecule has 0 saturated carbocycles. The van der Waals surface area contributed by atoms with Crippen LogP contribution in [0.3, 0.4) is 0 Å². The monoisotopic (exact) mass is 171 g/mol. The fraction of sp³-hybridized carbons (Fsp3) is 0.250. The highest BCUT2D eigenvalue weighted by Crippen LogP contribution is 2.26. The molecule has 0 aromatic heterocycles. The lowest BCUT2D eigenvalue weighted by atomic mass is 10.1. The lowest BCUT2D eigenvalue weighted by Gasteiger charge is -2.04. The number of hydrogen-bond donors (Lipinski definition) is 2.